The van der Waals surface area contributed by atoms with Crippen molar-refractivity contribution in [3.63, 3.8) is 0 Å². The molecule has 0 amide bonds. The molecule has 0 radical (unpaired) electrons. The van der Waals surface area contributed by atoms with Gasteiger partial charge in [0, 0.05) is 26.1 Å². The Balaban J connectivity index is 1.72. The third kappa shape index (κ3) is 8.12. The van der Waals surface area contributed by atoms with Crippen LogP contribution in [0, 0.1) is 0 Å². The molecule has 0 saturated carbocycles. The molecule has 8 nitrogen and oxygen atoms in total. The lowest BCUT2D eigenvalue weighted by Gasteiger charge is -2.31. The Hall–Kier alpha value is -2.74. The van der Waals surface area contributed by atoms with Crippen LogP contribution >= 0.6 is 0 Å². The zero-order chi connectivity index (χ0) is 27.3. The van der Waals surface area contributed by atoms with Gasteiger partial charge in [-0.15, -0.1) is 0 Å². The quantitative estimate of drug-likeness (QED) is 0.468. The molecule has 0 spiro atoms. The molecule has 1 heterocycles. The van der Waals surface area contributed by atoms with Gasteiger partial charge in [-0.25, -0.2) is 21.6 Å². The predicted molar refractivity (Wildman–Crippen MR) is 131 cm³/mol. The van der Waals surface area contributed by atoms with Gasteiger partial charge in [-0.05, 0) is 48.7 Å². The summed E-state index contributed by atoms with van der Waals surface area (Å²) in [7, 11) is -7.94. The third-order valence-corrected chi connectivity index (χ3v) is 8.78. The summed E-state index contributed by atoms with van der Waals surface area (Å²) in [4.78, 5) is 12.4. The van der Waals surface area contributed by atoms with E-state index in [1.54, 1.807) is 6.07 Å². The van der Waals surface area contributed by atoms with Crippen molar-refractivity contribution < 1.29 is 39.5 Å². The number of piperidine rings is 1. The smallest absolute Gasteiger partial charge is 0.416 e. The molecule has 1 aliphatic rings. The number of nitrogens with one attached hydrogen (secondary N) is 1. The number of ether oxygens (including phenoxy) is 1. The molecule has 2 aromatic rings. The van der Waals surface area contributed by atoms with Crippen molar-refractivity contribution in [1.29, 1.82) is 0 Å². The third-order valence-electron chi connectivity index (χ3n) is 5.69. The van der Waals surface area contributed by atoms with Crippen LogP contribution in [0.5, 0.6) is 0 Å². The molecule has 1 aliphatic heterocycles. The maximum atomic E-state index is 13.6. The van der Waals surface area contributed by atoms with E-state index in [9.17, 15) is 34.8 Å². The molecular weight excluding hydrogens is 533 g/mol. The number of esters is 1. The minimum atomic E-state index is -4.77. The van der Waals surface area contributed by atoms with Crippen molar-refractivity contribution >= 4 is 31.9 Å². The van der Waals surface area contributed by atoms with Crippen LogP contribution in [-0.2, 0) is 35.6 Å². The Morgan fingerprint density at radius 3 is 2.30 bits per heavy atom. The first-order valence-electron chi connectivity index (χ1n) is 11.3. The van der Waals surface area contributed by atoms with Gasteiger partial charge in [0.25, 0.3) is 0 Å². The van der Waals surface area contributed by atoms with Crippen LogP contribution in [0.4, 0.5) is 13.2 Å². The van der Waals surface area contributed by atoms with Crippen molar-refractivity contribution in [2.75, 3.05) is 25.6 Å². The van der Waals surface area contributed by atoms with E-state index in [0.29, 0.717) is 32.0 Å². The SMILES string of the molecule is CC(=O)OCN1CCC(NS(=O)(=O)CC=Cc2cc(S(=O)(=O)c3ccccc3)ccc2C(F)(F)F)CC1. The topological polar surface area (TPSA) is 110 Å². The highest BCUT2D eigenvalue weighted by molar-refractivity contribution is 7.91. The Labute approximate surface area is 214 Å². The molecular formula is C24H27F3N2O6S2. The van der Waals surface area contributed by atoms with Crippen molar-refractivity contribution in [3.8, 4) is 0 Å². The maximum Gasteiger partial charge on any atom is 0.416 e. The number of carbonyl (C=O) groups is 1. The number of sulfone groups is 1. The molecule has 0 aromatic heterocycles. The average molecular weight is 561 g/mol. The maximum absolute atomic E-state index is 13.6. The summed E-state index contributed by atoms with van der Waals surface area (Å²) in [6.45, 7) is 2.44. The van der Waals surface area contributed by atoms with Gasteiger partial charge in [-0.1, -0.05) is 30.4 Å². The van der Waals surface area contributed by atoms with Crippen molar-refractivity contribution in [2.24, 2.45) is 0 Å². The van der Waals surface area contributed by atoms with E-state index in [1.165, 1.54) is 31.2 Å². The number of nitrogens with zero attached hydrogens (tertiary/aromatic N) is 1. The van der Waals surface area contributed by atoms with Crippen LogP contribution in [0.2, 0.25) is 0 Å². The molecule has 202 valence electrons. The normalized spacial score (nSPS) is 16.2. The zero-order valence-electron chi connectivity index (χ0n) is 19.9. The van der Waals surface area contributed by atoms with Crippen LogP contribution in [0.15, 0.2) is 64.4 Å². The second kappa shape index (κ2) is 11.8. The van der Waals surface area contributed by atoms with Gasteiger partial charge in [-0.2, -0.15) is 13.2 Å². The van der Waals surface area contributed by atoms with Crippen molar-refractivity contribution in [3.05, 3.63) is 65.7 Å². The fraction of sp³-hybridized carbons (Fsp3) is 0.375. The zero-order valence-corrected chi connectivity index (χ0v) is 21.6. The number of halogens is 3. The monoisotopic (exact) mass is 560 g/mol. The summed E-state index contributed by atoms with van der Waals surface area (Å²) in [6.07, 6.45) is -1.80. The molecule has 0 aliphatic carbocycles. The first-order chi connectivity index (χ1) is 17.3. The highest BCUT2D eigenvalue weighted by atomic mass is 32.2. The van der Waals surface area contributed by atoms with E-state index in [0.717, 1.165) is 24.3 Å². The molecule has 0 atom stereocenters. The number of carbonyl (C=O) groups excluding carboxylic acids is 1. The molecule has 13 heteroatoms. The molecule has 1 N–H and O–H groups in total. The van der Waals surface area contributed by atoms with Crippen molar-refractivity contribution in [1.82, 2.24) is 9.62 Å². The second-order valence-electron chi connectivity index (χ2n) is 8.52. The summed E-state index contributed by atoms with van der Waals surface area (Å²) in [6, 6.07) is 9.36. The number of alkyl halides is 3. The highest BCUT2D eigenvalue weighted by Crippen LogP contribution is 2.35. The summed E-state index contributed by atoms with van der Waals surface area (Å²) < 4.78 is 98.9. The van der Waals surface area contributed by atoms with E-state index in [1.807, 2.05) is 4.90 Å². The Morgan fingerprint density at radius 1 is 1.05 bits per heavy atom. The first kappa shape index (κ1) is 28.8. The largest absolute Gasteiger partial charge is 0.450 e. The van der Waals surface area contributed by atoms with Crippen molar-refractivity contribution in [2.45, 2.75) is 41.8 Å². The van der Waals surface area contributed by atoms with E-state index < -0.39 is 48.9 Å². The lowest BCUT2D eigenvalue weighted by molar-refractivity contribution is -0.146. The van der Waals surface area contributed by atoms with Crippen LogP contribution < -0.4 is 4.72 Å². The number of rotatable bonds is 9. The molecule has 1 saturated heterocycles. The molecule has 37 heavy (non-hydrogen) atoms. The second-order valence-corrected chi connectivity index (χ2v) is 12.3. The number of hydrogen-bond donors (Lipinski definition) is 1. The lowest BCUT2D eigenvalue weighted by Crippen LogP contribution is -2.45. The standard InChI is InChI=1S/C24H27F3N2O6S2/c1-18(30)35-17-29-13-11-20(12-14-29)28-36(31,32)15-5-6-19-16-22(9-10-23(19)24(25,26)27)37(33,34)21-7-3-2-4-8-21/h2-10,16,20,28H,11-15,17H2,1H3. The molecule has 0 unspecified atom stereocenters. The fourth-order valence-corrected chi connectivity index (χ4v) is 6.31. The molecule has 2 aromatic carbocycles. The van der Waals surface area contributed by atoms with Gasteiger partial charge in [0.15, 0.2) is 0 Å². The lowest BCUT2D eigenvalue weighted by atomic mass is 10.1. The van der Waals surface area contributed by atoms with Crippen LogP contribution in [0.25, 0.3) is 6.08 Å². The van der Waals surface area contributed by atoms with Gasteiger partial charge in [0.1, 0.15) is 6.73 Å². The molecule has 0 bridgehead atoms. The number of hydrogen-bond acceptors (Lipinski definition) is 7. The summed E-state index contributed by atoms with van der Waals surface area (Å²) in [5.74, 6) is -1.00. The molecule has 3 rings (SSSR count). The Morgan fingerprint density at radius 2 is 1.70 bits per heavy atom. The fourth-order valence-electron chi connectivity index (χ4n) is 3.81. The Kier molecular flexibility index (Phi) is 9.16. The number of benzene rings is 2. The Bertz CT molecular complexity index is 1340. The predicted octanol–water partition coefficient (Wildman–Crippen LogP) is 3.46. The summed E-state index contributed by atoms with van der Waals surface area (Å²) >= 11 is 0. The van der Waals surface area contributed by atoms with Gasteiger partial charge in [-0.3, -0.25) is 9.69 Å². The minimum absolute atomic E-state index is 0.0737. The van der Waals surface area contributed by atoms with Crippen LogP contribution in [0.3, 0.4) is 0 Å². The van der Waals surface area contributed by atoms with E-state index in [2.05, 4.69) is 4.72 Å². The first-order valence-corrected chi connectivity index (χ1v) is 14.4. The van der Waals surface area contributed by atoms with Gasteiger partial charge in [0.2, 0.25) is 19.9 Å². The van der Waals surface area contributed by atoms with E-state index in [4.69, 9.17) is 4.74 Å². The highest BCUT2D eigenvalue weighted by Gasteiger charge is 2.34. The summed E-state index contributed by atoms with van der Waals surface area (Å²) in [5.41, 5.74) is -1.54. The van der Waals surface area contributed by atoms with Crippen LogP contribution in [-0.4, -0.2) is 59.3 Å². The van der Waals surface area contributed by atoms with Crippen LogP contribution in [0.1, 0.15) is 30.9 Å². The van der Waals surface area contributed by atoms with E-state index in [-0.39, 0.29) is 22.6 Å². The molecule has 1 fully saturated rings. The van der Waals surface area contributed by atoms with Gasteiger partial charge in [0.05, 0.1) is 21.1 Å². The number of sulfonamides is 1. The van der Waals surface area contributed by atoms with Gasteiger partial charge >= 0.3 is 12.1 Å². The minimum Gasteiger partial charge on any atom is -0.450 e. The average Bonchev–Trinajstić information content (AvgIpc) is 2.83. The van der Waals surface area contributed by atoms with E-state index >= 15 is 0 Å². The van der Waals surface area contributed by atoms with Gasteiger partial charge < -0.3 is 4.74 Å². The summed E-state index contributed by atoms with van der Waals surface area (Å²) in [5, 5.41) is 0. The number of likely N-dealkylation sites (tertiary alicyclic amines) is 1.